The van der Waals surface area contributed by atoms with Gasteiger partial charge < -0.3 is 4.90 Å². The fraction of sp³-hybridized carbons (Fsp3) is 0.643. The molecule has 0 radical (unpaired) electrons. The minimum atomic E-state index is -3.22. The standard InChI is InChI=1S/C14H22N2O3S2/c1-3-12-7-8-13(20-12)14(17)16-9-5-6-11(10-16)15-21(18,19)4-2/h7-8,11,15H,3-6,9-10H2,1-2H3/t11-/m1/s1. The summed E-state index contributed by atoms with van der Waals surface area (Å²) in [5.41, 5.74) is 0. The van der Waals surface area contributed by atoms with Crippen molar-refractivity contribution in [1.29, 1.82) is 0 Å². The van der Waals surface area contributed by atoms with E-state index in [9.17, 15) is 13.2 Å². The van der Waals surface area contributed by atoms with Crippen LogP contribution in [0.5, 0.6) is 0 Å². The minimum absolute atomic E-state index is 0.0140. The summed E-state index contributed by atoms with van der Waals surface area (Å²) in [6.45, 7) is 4.84. The summed E-state index contributed by atoms with van der Waals surface area (Å²) in [6.07, 6.45) is 2.54. The molecule has 0 unspecified atom stereocenters. The summed E-state index contributed by atoms with van der Waals surface area (Å²) in [5.74, 6) is 0.0856. The number of rotatable bonds is 5. The third-order valence-corrected chi connectivity index (χ3v) is 6.33. The number of nitrogens with one attached hydrogen (secondary N) is 1. The van der Waals surface area contributed by atoms with Crippen molar-refractivity contribution in [3.63, 3.8) is 0 Å². The van der Waals surface area contributed by atoms with Gasteiger partial charge >= 0.3 is 0 Å². The van der Waals surface area contributed by atoms with Crippen LogP contribution in [0.4, 0.5) is 0 Å². The van der Waals surface area contributed by atoms with Gasteiger partial charge in [0.05, 0.1) is 10.6 Å². The molecule has 1 aromatic rings. The van der Waals surface area contributed by atoms with Gasteiger partial charge in [0, 0.05) is 24.0 Å². The second kappa shape index (κ2) is 6.89. The molecule has 1 aliphatic rings. The zero-order chi connectivity index (χ0) is 15.5. The molecule has 1 N–H and O–H groups in total. The van der Waals surface area contributed by atoms with E-state index < -0.39 is 10.0 Å². The van der Waals surface area contributed by atoms with Gasteiger partial charge in [0.15, 0.2) is 0 Å². The van der Waals surface area contributed by atoms with Crippen molar-refractivity contribution in [2.75, 3.05) is 18.8 Å². The molecule has 1 aliphatic heterocycles. The van der Waals surface area contributed by atoms with Crippen LogP contribution in [0.2, 0.25) is 0 Å². The zero-order valence-electron chi connectivity index (χ0n) is 12.5. The van der Waals surface area contributed by atoms with E-state index in [4.69, 9.17) is 0 Å². The Balaban J connectivity index is 2.02. The number of aryl methyl sites for hydroxylation is 1. The van der Waals surface area contributed by atoms with Crippen LogP contribution in [0.3, 0.4) is 0 Å². The third kappa shape index (κ3) is 4.28. The molecular weight excluding hydrogens is 308 g/mol. The molecule has 21 heavy (non-hydrogen) atoms. The molecule has 2 rings (SSSR count). The van der Waals surface area contributed by atoms with Crippen LogP contribution >= 0.6 is 11.3 Å². The molecule has 0 saturated carbocycles. The SMILES string of the molecule is CCc1ccc(C(=O)N2CCC[C@@H](NS(=O)(=O)CC)C2)s1. The summed E-state index contributed by atoms with van der Waals surface area (Å²) in [4.78, 5) is 16.2. The van der Waals surface area contributed by atoms with Crippen molar-refractivity contribution in [2.45, 2.75) is 39.2 Å². The molecule has 0 aliphatic carbocycles. The number of carbonyl (C=O) groups is 1. The Bertz CT molecular complexity index is 595. The Labute approximate surface area is 130 Å². The maximum atomic E-state index is 12.5. The highest BCUT2D eigenvalue weighted by atomic mass is 32.2. The van der Waals surface area contributed by atoms with Gasteiger partial charge in [-0.15, -0.1) is 11.3 Å². The lowest BCUT2D eigenvalue weighted by Gasteiger charge is -2.32. The predicted molar refractivity (Wildman–Crippen MR) is 85.2 cm³/mol. The highest BCUT2D eigenvalue weighted by molar-refractivity contribution is 7.89. The number of sulfonamides is 1. The van der Waals surface area contributed by atoms with Crippen molar-refractivity contribution >= 4 is 27.3 Å². The predicted octanol–water partition coefficient (Wildman–Crippen LogP) is 1.85. The fourth-order valence-electron chi connectivity index (χ4n) is 2.43. The lowest BCUT2D eigenvalue weighted by Crippen LogP contribution is -2.49. The normalized spacial score (nSPS) is 19.7. The quantitative estimate of drug-likeness (QED) is 0.896. The van der Waals surface area contributed by atoms with Crippen LogP contribution in [-0.4, -0.2) is 44.1 Å². The fourth-order valence-corrected chi connectivity index (χ4v) is 4.22. The first kappa shape index (κ1) is 16.5. The third-order valence-electron chi connectivity index (χ3n) is 3.66. The minimum Gasteiger partial charge on any atom is -0.336 e. The Morgan fingerprint density at radius 1 is 1.43 bits per heavy atom. The summed E-state index contributed by atoms with van der Waals surface area (Å²) in [6, 6.07) is 3.68. The van der Waals surface area contributed by atoms with Crippen molar-refractivity contribution in [3.05, 3.63) is 21.9 Å². The second-order valence-corrected chi connectivity index (χ2v) is 8.44. The molecule has 0 spiro atoms. The highest BCUT2D eigenvalue weighted by Gasteiger charge is 2.27. The van der Waals surface area contributed by atoms with E-state index in [1.165, 1.54) is 16.2 Å². The van der Waals surface area contributed by atoms with E-state index >= 15 is 0 Å². The van der Waals surface area contributed by atoms with Crippen LogP contribution in [0.25, 0.3) is 0 Å². The number of hydrogen-bond acceptors (Lipinski definition) is 4. The van der Waals surface area contributed by atoms with Gasteiger partial charge in [-0.2, -0.15) is 0 Å². The van der Waals surface area contributed by atoms with Crippen molar-refractivity contribution < 1.29 is 13.2 Å². The Morgan fingerprint density at radius 3 is 2.81 bits per heavy atom. The Kier molecular flexibility index (Phi) is 5.40. The molecule has 5 nitrogen and oxygen atoms in total. The van der Waals surface area contributed by atoms with E-state index in [1.807, 2.05) is 12.1 Å². The molecular formula is C14H22N2O3S2. The van der Waals surface area contributed by atoms with E-state index in [-0.39, 0.29) is 17.7 Å². The van der Waals surface area contributed by atoms with Crippen LogP contribution in [0, 0.1) is 0 Å². The topological polar surface area (TPSA) is 66.5 Å². The first-order chi connectivity index (χ1) is 9.95. The van der Waals surface area contributed by atoms with E-state index in [1.54, 1.807) is 11.8 Å². The van der Waals surface area contributed by atoms with Crippen LogP contribution < -0.4 is 4.72 Å². The Hall–Kier alpha value is -0.920. The largest absolute Gasteiger partial charge is 0.336 e. The average molecular weight is 330 g/mol. The lowest BCUT2D eigenvalue weighted by atomic mass is 10.1. The number of thiophene rings is 1. The van der Waals surface area contributed by atoms with Gasteiger partial charge in [0.1, 0.15) is 0 Å². The van der Waals surface area contributed by atoms with Gasteiger partial charge in [-0.1, -0.05) is 6.92 Å². The van der Waals surface area contributed by atoms with Gasteiger partial charge in [-0.25, -0.2) is 13.1 Å². The van der Waals surface area contributed by atoms with Crippen LogP contribution in [0.1, 0.15) is 41.2 Å². The molecule has 0 bridgehead atoms. The molecule has 1 saturated heterocycles. The van der Waals surface area contributed by atoms with Crippen molar-refractivity contribution in [2.24, 2.45) is 0 Å². The first-order valence-electron chi connectivity index (χ1n) is 7.33. The van der Waals surface area contributed by atoms with Crippen LogP contribution in [0.15, 0.2) is 12.1 Å². The molecule has 1 aromatic heterocycles. The maximum Gasteiger partial charge on any atom is 0.263 e. The average Bonchev–Trinajstić information content (AvgIpc) is 2.95. The van der Waals surface area contributed by atoms with E-state index in [0.717, 1.165) is 24.1 Å². The summed E-state index contributed by atoms with van der Waals surface area (Å²) in [7, 11) is -3.22. The lowest BCUT2D eigenvalue weighted by molar-refractivity contribution is 0.0708. The summed E-state index contributed by atoms with van der Waals surface area (Å²) < 4.78 is 26.0. The van der Waals surface area contributed by atoms with Gasteiger partial charge in [0.2, 0.25) is 10.0 Å². The second-order valence-electron chi connectivity index (χ2n) is 5.23. The number of likely N-dealkylation sites (tertiary alicyclic amines) is 1. The molecule has 1 amide bonds. The highest BCUT2D eigenvalue weighted by Crippen LogP contribution is 2.21. The molecule has 1 fully saturated rings. The molecule has 0 aromatic carbocycles. The molecule has 2 heterocycles. The molecule has 118 valence electrons. The summed E-state index contributed by atoms with van der Waals surface area (Å²) in [5, 5.41) is 0. The number of carbonyl (C=O) groups excluding carboxylic acids is 1. The van der Waals surface area contributed by atoms with E-state index in [2.05, 4.69) is 11.6 Å². The van der Waals surface area contributed by atoms with Crippen molar-refractivity contribution in [3.8, 4) is 0 Å². The van der Waals surface area contributed by atoms with Gasteiger partial charge in [-0.3, -0.25) is 4.79 Å². The smallest absolute Gasteiger partial charge is 0.263 e. The number of amides is 1. The number of nitrogens with zero attached hydrogens (tertiary/aromatic N) is 1. The molecule has 7 heteroatoms. The number of hydrogen-bond donors (Lipinski definition) is 1. The van der Waals surface area contributed by atoms with Crippen molar-refractivity contribution in [1.82, 2.24) is 9.62 Å². The maximum absolute atomic E-state index is 12.5. The zero-order valence-corrected chi connectivity index (χ0v) is 14.1. The number of piperidine rings is 1. The first-order valence-corrected chi connectivity index (χ1v) is 9.80. The van der Waals surface area contributed by atoms with E-state index in [0.29, 0.717) is 13.1 Å². The Morgan fingerprint density at radius 2 is 2.19 bits per heavy atom. The monoisotopic (exact) mass is 330 g/mol. The van der Waals surface area contributed by atoms with Gasteiger partial charge in [-0.05, 0) is 38.3 Å². The van der Waals surface area contributed by atoms with Gasteiger partial charge in [0.25, 0.3) is 5.91 Å². The molecule has 1 atom stereocenters. The van der Waals surface area contributed by atoms with Crippen LogP contribution in [-0.2, 0) is 16.4 Å². The summed E-state index contributed by atoms with van der Waals surface area (Å²) >= 11 is 1.52.